The lowest BCUT2D eigenvalue weighted by Gasteiger charge is -2.26. The standard InChI is InChI=1S/C10H20N2O.ClH/c1-10(2)7-13-9(11-10)8-5-4-6-12(8)3;/h8-9,11H,4-7H2,1-3H3;1H. The van der Waals surface area contributed by atoms with Gasteiger partial charge in [0.1, 0.15) is 6.23 Å². The van der Waals surface area contributed by atoms with Crippen molar-refractivity contribution < 1.29 is 4.74 Å². The van der Waals surface area contributed by atoms with E-state index in [0.717, 1.165) is 6.61 Å². The fourth-order valence-electron chi connectivity index (χ4n) is 2.29. The van der Waals surface area contributed by atoms with Gasteiger partial charge in [-0.05, 0) is 40.3 Å². The van der Waals surface area contributed by atoms with E-state index in [-0.39, 0.29) is 24.2 Å². The fraction of sp³-hybridized carbons (Fsp3) is 1.00. The van der Waals surface area contributed by atoms with Crippen LogP contribution in [0.3, 0.4) is 0 Å². The molecule has 0 bridgehead atoms. The number of ether oxygens (including phenoxy) is 1. The molecule has 0 aromatic carbocycles. The molecule has 14 heavy (non-hydrogen) atoms. The lowest BCUT2D eigenvalue weighted by atomic mass is 10.1. The van der Waals surface area contributed by atoms with Crippen molar-refractivity contribution in [2.75, 3.05) is 20.2 Å². The van der Waals surface area contributed by atoms with Gasteiger partial charge in [-0.1, -0.05) is 0 Å². The van der Waals surface area contributed by atoms with E-state index in [1.165, 1.54) is 19.4 Å². The maximum absolute atomic E-state index is 5.77. The van der Waals surface area contributed by atoms with Gasteiger partial charge in [0.05, 0.1) is 6.61 Å². The number of likely N-dealkylation sites (N-methyl/N-ethyl adjacent to an activating group) is 1. The molecule has 2 aliphatic rings. The Hall–Kier alpha value is 0.170. The molecule has 0 aliphatic carbocycles. The summed E-state index contributed by atoms with van der Waals surface area (Å²) in [5.41, 5.74) is 0.161. The van der Waals surface area contributed by atoms with E-state index in [1.807, 2.05) is 0 Å². The number of halogens is 1. The zero-order valence-electron chi connectivity index (χ0n) is 9.25. The normalized spacial score (nSPS) is 37.1. The summed E-state index contributed by atoms with van der Waals surface area (Å²) in [4.78, 5) is 2.40. The second kappa shape index (κ2) is 4.35. The van der Waals surface area contributed by atoms with Crippen LogP contribution in [0.1, 0.15) is 26.7 Å². The van der Waals surface area contributed by atoms with Gasteiger partial charge in [-0.15, -0.1) is 12.4 Å². The van der Waals surface area contributed by atoms with Gasteiger partial charge >= 0.3 is 0 Å². The molecule has 0 aromatic rings. The van der Waals surface area contributed by atoms with E-state index in [9.17, 15) is 0 Å². The van der Waals surface area contributed by atoms with Crippen molar-refractivity contribution in [1.29, 1.82) is 0 Å². The number of likely N-dealkylation sites (tertiary alicyclic amines) is 1. The van der Waals surface area contributed by atoms with Gasteiger partial charge in [0.15, 0.2) is 0 Å². The Morgan fingerprint density at radius 1 is 1.43 bits per heavy atom. The van der Waals surface area contributed by atoms with Crippen LogP contribution >= 0.6 is 12.4 Å². The molecule has 4 heteroatoms. The van der Waals surface area contributed by atoms with E-state index in [1.54, 1.807) is 0 Å². The number of hydrogen-bond donors (Lipinski definition) is 1. The smallest absolute Gasteiger partial charge is 0.124 e. The Labute approximate surface area is 92.6 Å². The van der Waals surface area contributed by atoms with Crippen LogP contribution in [0.25, 0.3) is 0 Å². The van der Waals surface area contributed by atoms with Crippen LogP contribution in [0.4, 0.5) is 0 Å². The Morgan fingerprint density at radius 2 is 2.14 bits per heavy atom. The minimum Gasteiger partial charge on any atom is -0.360 e. The van der Waals surface area contributed by atoms with Gasteiger partial charge < -0.3 is 4.74 Å². The van der Waals surface area contributed by atoms with E-state index >= 15 is 0 Å². The van der Waals surface area contributed by atoms with Crippen LogP contribution in [0.5, 0.6) is 0 Å². The highest BCUT2D eigenvalue weighted by Gasteiger charge is 2.38. The Kier molecular flexibility index (Phi) is 3.81. The van der Waals surface area contributed by atoms with Crippen molar-refractivity contribution in [3.05, 3.63) is 0 Å². The van der Waals surface area contributed by atoms with Crippen LogP contribution in [-0.2, 0) is 4.74 Å². The average Bonchev–Trinajstić information content (AvgIpc) is 2.56. The summed E-state index contributed by atoms with van der Waals surface area (Å²) in [6.45, 7) is 6.44. The summed E-state index contributed by atoms with van der Waals surface area (Å²) in [6.07, 6.45) is 2.83. The Morgan fingerprint density at radius 3 is 2.57 bits per heavy atom. The quantitative estimate of drug-likeness (QED) is 0.720. The maximum atomic E-state index is 5.77. The van der Waals surface area contributed by atoms with Crippen LogP contribution in [-0.4, -0.2) is 42.9 Å². The average molecular weight is 221 g/mol. The molecule has 2 saturated heterocycles. The van der Waals surface area contributed by atoms with Crippen molar-refractivity contribution in [3.8, 4) is 0 Å². The molecule has 2 fully saturated rings. The van der Waals surface area contributed by atoms with Gasteiger partial charge in [0, 0.05) is 11.6 Å². The molecular weight excluding hydrogens is 200 g/mol. The summed E-state index contributed by atoms with van der Waals surface area (Å²) in [6, 6.07) is 0.585. The predicted octanol–water partition coefficient (Wildman–Crippen LogP) is 1.23. The lowest BCUT2D eigenvalue weighted by molar-refractivity contribution is 0.0392. The van der Waals surface area contributed by atoms with Crippen molar-refractivity contribution in [3.63, 3.8) is 0 Å². The van der Waals surface area contributed by atoms with E-state index in [0.29, 0.717) is 6.04 Å². The number of hydrogen-bond acceptors (Lipinski definition) is 3. The monoisotopic (exact) mass is 220 g/mol. The Balaban J connectivity index is 0.000000980. The van der Waals surface area contributed by atoms with E-state index in [4.69, 9.17) is 4.74 Å². The molecule has 2 heterocycles. The van der Waals surface area contributed by atoms with Crippen molar-refractivity contribution in [2.45, 2.75) is 44.5 Å². The molecular formula is C10H21ClN2O. The number of nitrogens with one attached hydrogen (secondary N) is 1. The summed E-state index contributed by atoms with van der Waals surface area (Å²) < 4.78 is 5.77. The van der Waals surface area contributed by atoms with Crippen LogP contribution in [0, 0.1) is 0 Å². The van der Waals surface area contributed by atoms with Gasteiger partial charge in [-0.25, -0.2) is 0 Å². The molecule has 1 N–H and O–H groups in total. The molecule has 0 amide bonds. The summed E-state index contributed by atoms with van der Waals surface area (Å²) in [5, 5.41) is 3.54. The topological polar surface area (TPSA) is 24.5 Å². The minimum atomic E-state index is 0. The van der Waals surface area contributed by atoms with Gasteiger partial charge in [0.2, 0.25) is 0 Å². The largest absolute Gasteiger partial charge is 0.360 e. The third-order valence-corrected chi connectivity index (χ3v) is 3.08. The first-order valence-corrected chi connectivity index (χ1v) is 5.18. The van der Waals surface area contributed by atoms with Gasteiger partial charge in [-0.3, -0.25) is 10.2 Å². The third-order valence-electron chi connectivity index (χ3n) is 3.08. The predicted molar refractivity (Wildman–Crippen MR) is 59.9 cm³/mol. The first-order valence-electron chi connectivity index (χ1n) is 5.18. The first kappa shape index (κ1) is 12.2. The van der Waals surface area contributed by atoms with Crippen molar-refractivity contribution in [1.82, 2.24) is 10.2 Å². The highest BCUT2D eigenvalue weighted by Crippen LogP contribution is 2.24. The van der Waals surface area contributed by atoms with Crippen LogP contribution in [0.15, 0.2) is 0 Å². The molecule has 2 rings (SSSR count). The highest BCUT2D eigenvalue weighted by molar-refractivity contribution is 5.85. The molecule has 0 aromatic heterocycles. The van der Waals surface area contributed by atoms with Crippen molar-refractivity contribution in [2.24, 2.45) is 0 Å². The number of nitrogens with zero attached hydrogens (tertiary/aromatic N) is 1. The molecule has 0 spiro atoms. The SMILES string of the molecule is CN1CCCC1C1NC(C)(C)CO1.Cl. The molecule has 0 radical (unpaired) electrons. The molecule has 3 nitrogen and oxygen atoms in total. The zero-order chi connectivity index (χ0) is 9.47. The van der Waals surface area contributed by atoms with Crippen LogP contribution in [0.2, 0.25) is 0 Å². The zero-order valence-corrected chi connectivity index (χ0v) is 10.1. The number of rotatable bonds is 1. The molecule has 2 atom stereocenters. The molecule has 0 saturated carbocycles. The lowest BCUT2D eigenvalue weighted by Crippen LogP contribution is -2.47. The summed E-state index contributed by atoms with van der Waals surface area (Å²) >= 11 is 0. The van der Waals surface area contributed by atoms with Gasteiger partial charge in [0.25, 0.3) is 0 Å². The maximum Gasteiger partial charge on any atom is 0.124 e. The van der Waals surface area contributed by atoms with E-state index in [2.05, 4.69) is 31.1 Å². The van der Waals surface area contributed by atoms with E-state index < -0.39 is 0 Å². The highest BCUT2D eigenvalue weighted by atomic mass is 35.5. The molecule has 2 unspecified atom stereocenters. The fourth-order valence-corrected chi connectivity index (χ4v) is 2.29. The molecule has 84 valence electrons. The van der Waals surface area contributed by atoms with Crippen molar-refractivity contribution >= 4 is 12.4 Å². The minimum absolute atomic E-state index is 0. The third kappa shape index (κ3) is 2.40. The summed E-state index contributed by atoms with van der Waals surface area (Å²) in [7, 11) is 2.19. The second-order valence-electron chi connectivity index (χ2n) is 4.95. The second-order valence-corrected chi connectivity index (χ2v) is 4.95. The summed E-state index contributed by atoms with van der Waals surface area (Å²) in [5.74, 6) is 0. The molecule has 2 aliphatic heterocycles. The Bertz CT molecular complexity index is 199. The van der Waals surface area contributed by atoms with Crippen LogP contribution < -0.4 is 5.32 Å². The van der Waals surface area contributed by atoms with Gasteiger partial charge in [-0.2, -0.15) is 0 Å². The first-order chi connectivity index (χ1) is 6.08.